The van der Waals surface area contributed by atoms with Crippen molar-refractivity contribution < 1.29 is 8.42 Å². The second kappa shape index (κ2) is 6.07. The molecule has 0 bridgehead atoms. The van der Waals surface area contributed by atoms with E-state index < -0.39 is 9.84 Å². The molecular formula is C19H20N2O2S. The van der Waals surface area contributed by atoms with Gasteiger partial charge >= 0.3 is 0 Å². The molecule has 1 saturated carbocycles. The molecule has 0 aliphatic heterocycles. The zero-order valence-electron chi connectivity index (χ0n) is 13.3. The highest BCUT2D eigenvalue weighted by atomic mass is 32.2. The van der Waals surface area contributed by atoms with Crippen LogP contribution in [0.4, 0.5) is 0 Å². The third-order valence-corrected chi connectivity index (χ3v) is 6.28. The second-order valence-electron chi connectivity index (χ2n) is 6.33. The van der Waals surface area contributed by atoms with Gasteiger partial charge in [0.2, 0.25) is 9.84 Å². The summed E-state index contributed by atoms with van der Waals surface area (Å²) in [5.41, 5.74) is 2.08. The topological polar surface area (TPSA) is 62.0 Å². The summed E-state index contributed by atoms with van der Waals surface area (Å²) >= 11 is 0. The molecule has 0 unspecified atom stereocenters. The Morgan fingerprint density at radius 2 is 1.88 bits per heavy atom. The summed E-state index contributed by atoms with van der Waals surface area (Å²) < 4.78 is 25.6. The van der Waals surface area contributed by atoms with Gasteiger partial charge in [-0.2, -0.15) is 0 Å². The van der Waals surface area contributed by atoms with E-state index in [1.165, 1.54) is 18.4 Å². The fraction of sp³-hybridized carbons (Fsp3) is 0.263. The van der Waals surface area contributed by atoms with Gasteiger partial charge in [-0.1, -0.05) is 30.3 Å². The van der Waals surface area contributed by atoms with E-state index in [1.54, 1.807) is 30.5 Å². The number of aromatic amines is 1. The molecule has 2 N–H and O–H groups in total. The van der Waals surface area contributed by atoms with E-state index in [0.717, 1.165) is 23.9 Å². The van der Waals surface area contributed by atoms with Crippen molar-refractivity contribution in [2.75, 3.05) is 6.54 Å². The highest BCUT2D eigenvalue weighted by Gasteiger charge is 2.22. The number of hydrogen-bond acceptors (Lipinski definition) is 3. The molecule has 3 aromatic rings. The molecule has 4 nitrogen and oxygen atoms in total. The Kier molecular flexibility index (Phi) is 3.90. The molecule has 1 aliphatic rings. The normalized spacial score (nSPS) is 15.0. The maximum atomic E-state index is 12.8. The minimum Gasteiger partial charge on any atom is -0.360 e. The summed E-state index contributed by atoms with van der Waals surface area (Å²) in [6, 6.07) is 15.3. The quantitative estimate of drug-likeness (QED) is 0.724. The Balaban J connectivity index is 1.62. The van der Waals surface area contributed by atoms with Crippen molar-refractivity contribution in [3.05, 3.63) is 60.3 Å². The van der Waals surface area contributed by atoms with E-state index in [1.807, 2.05) is 24.3 Å². The molecule has 124 valence electrons. The molecule has 0 spiro atoms. The summed E-state index contributed by atoms with van der Waals surface area (Å²) in [6.07, 6.45) is 5.12. The fourth-order valence-corrected chi connectivity index (χ4v) is 4.41. The van der Waals surface area contributed by atoms with Crippen molar-refractivity contribution in [1.82, 2.24) is 10.3 Å². The molecule has 1 aromatic heterocycles. The van der Waals surface area contributed by atoms with E-state index in [-0.39, 0.29) is 0 Å². The number of aromatic nitrogens is 1. The van der Waals surface area contributed by atoms with Crippen molar-refractivity contribution in [3.8, 4) is 0 Å². The summed E-state index contributed by atoms with van der Waals surface area (Å²) in [5.74, 6) is 0. The van der Waals surface area contributed by atoms with Crippen LogP contribution in [0.15, 0.2) is 64.5 Å². The number of hydrogen-bond donors (Lipinski definition) is 2. The molecular weight excluding hydrogens is 320 g/mol. The van der Waals surface area contributed by atoms with E-state index in [2.05, 4.69) is 10.3 Å². The lowest BCUT2D eigenvalue weighted by Gasteiger charge is -2.05. The number of rotatable bonds is 6. The highest BCUT2D eigenvalue weighted by Crippen LogP contribution is 2.29. The Morgan fingerprint density at radius 1 is 1.08 bits per heavy atom. The van der Waals surface area contributed by atoms with Crippen LogP contribution in [-0.4, -0.2) is 26.0 Å². The van der Waals surface area contributed by atoms with Gasteiger partial charge in [-0.05, 0) is 49.6 Å². The molecule has 2 aromatic carbocycles. The first-order chi connectivity index (χ1) is 11.6. The first-order valence-electron chi connectivity index (χ1n) is 8.28. The van der Waals surface area contributed by atoms with E-state index in [9.17, 15) is 8.42 Å². The summed E-state index contributed by atoms with van der Waals surface area (Å²) in [7, 11) is -3.50. The molecule has 0 atom stereocenters. The van der Waals surface area contributed by atoms with Crippen LogP contribution in [0.25, 0.3) is 10.9 Å². The second-order valence-corrected chi connectivity index (χ2v) is 8.25. The maximum absolute atomic E-state index is 12.8. The van der Waals surface area contributed by atoms with Gasteiger partial charge in [0.25, 0.3) is 0 Å². The summed E-state index contributed by atoms with van der Waals surface area (Å²) in [5, 5.41) is 4.25. The van der Waals surface area contributed by atoms with Crippen LogP contribution >= 0.6 is 0 Å². The zero-order valence-corrected chi connectivity index (χ0v) is 14.1. The Labute approximate surface area is 141 Å². The Hall–Kier alpha value is -2.11. The van der Waals surface area contributed by atoms with E-state index >= 15 is 0 Å². The lowest BCUT2D eigenvalue weighted by atomic mass is 10.1. The van der Waals surface area contributed by atoms with Crippen molar-refractivity contribution in [3.63, 3.8) is 0 Å². The Morgan fingerprint density at radius 3 is 2.62 bits per heavy atom. The van der Waals surface area contributed by atoms with Gasteiger partial charge in [0.15, 0.2) is 0 Å². The van der Waals surface area contributed by atoms with Crippen LogP contribution in [0.1, 0.15) is 18.4 Å². The third-order valence-electron chi connectivity index (χ3n) is 4.48. The monoisotopic (exact) mass is 340 g/mol. The minimum absolute atomic E-state index is 0.323. The van der Waals surface area contributed by atoms with Crippen LogP contribution in [0.2, 0.25) is 0 Å². The fourth-order valence-electron chi connectivity index (χ4n) is 2.96. The molecule has 0 amide bonds. The maximum Gasteiger partial charge on any atom is 0.208 e. The standard InChI is InChI=1S/C19H20N2O2S/c22-24(23,16-4-2-1-3-5-16)19-13-21-18-12-14(6-9-17(18)19)10-11-20-15-7-8-15/h1-6,9,12-13,15,20-21H,7-8,10-11H2. The summed E-state index contributed by atoms with van der Waals surface area (Å²) in [4.78, 5) is 3.78. The van der Waals surface area contributed by atoms with Crippen LogP contribution in [0.3, 0.4) is 0 Å². The molecule has 1 aliphatic carbocycles. The van der Waals surface area contributed by atoms with Crippen LogP contribution < -0.4 is 5.32 Å². The van der Waals surface area contributed by atoms with Crippen LogP contribution in [0.5, 0.6) is 0 Å². The van der Waals surface area contributed by atoms with Gasteiger partial charge in [-0.3, -0.25) is 0 Å². The molecule has 1 fully saturated rings. The predicted molar refractivity (Wildman–Crippen MR) is 94.9 cm³/mol. The van der Waals surface area contributed by atoms with Crippen molar-refractivity contribution in [2.24, 2.45) is 0 Å². The van der Waals surface area contributed by atoms with Crippen molar-refractivity contribution in [1.29, 1.82) is 0 Å². The molecule has 5 heteroatoms. The van der Waals surface area contributed by atoms with Crippen LogP contribution in [-0.2, 0) is 16.3 Å². The lowest BCUT2D eigenvalue weighted by molar-refractivity contribution is 0.597. The van der Waals surface area contributed by atoms with Gasteiger partial charge < -0.3 is 10.3 Å². The van der Waals surface area contributed by atoms with E-state index in [0.29, 0.717) is 15.8 Å². The van der Waals surface area contributed by atoms with Gasteiger partial charge in [0.05, 0.1) is 9.79 Å². The smallest absolute Gasteiger partial charge is 0.208 e. The van der Waals surface area contributed by atoms with Gasteiger partial charge in [0, 0.05) is 23.1 Å². The molecule has 4 rings (SSSR count). The first kappa shape index (κ1) is 15.4. The van der Waals surface area contributed by atoms with Crippen molar-refractivity contribution in [2.45, 2.75) is 35.1 Å². The SMILES string of the molecule is O=S(=O)(c1ccccc1)c1c[nH]c2cc(CCNC3CC3)ccc12. The number of H-pyrrole nitrogens is 1. The predicted octanol–water partition coefficient (Wildman–Crippen LogP) is 3.30. The van der Waals surface area contributed by atoms with Gasteiger partial charge in [-0.15, -0.1) is 0 Å². The summed E-state index contributed by atoms with van der Waals surface area (Å²) in [6.45, 7) is 0.964. The van der Waals surface area contributed by atoms with Crippen LogP contribution in [0, 0.1) is 0 Å². The zero-order chi connectivity index (χ0) is 16.6. The van der Waals surface area contributed by atoms with Gasteiger partial charge in [0.1, 0.15) is 0 Å². The molecule has 0 radical (unpaired) electrons. The molecule has 24 heavy (non-hydrogen) atoms. The number of benzene rings is 2. The number of fused-ring (bicyclic) bond motifs is 1. The van der Waals surface area contributed by atoms with Gasteiger partial charge in [-0.25, -0.2) is 8.42 Å². The number of sulfone groups is 1. The average Bonchev–Trinajstić information content (AvgIpc) is 3.32. The lowest BCUT2D eigenvalue weighted by Crippen LogP contribution is -2.19. The molecule has 1 heterocycles. The molecule has 0 saturated heterocycles. The first-order valence-corrected chi connectivity index (χ1v) is 9.76. The highest BCUT2D eigenvalue weighted by molar-refractivity contribution is 7.91. The number of nitrogens with one attached hydrogen (secondary N) is 2. The minimum atomic E-state index is -3.50. The Bertz CT molecular complexity index is 957. The average molecular weight is 340 g/mol. The largest absolute Gasteiger partial charge is 0.360 e. The third kappa shape index (κ3) is 2.97. The van der Waals surface area contributed by atoms with E-state index in [4.69, 9.17) is 0 Å². The van der Waals surface area contributed by atoms with Crippen molar-refractivity contribution >= 4 is 20.7 Å².